The minimum absolute atomic E-state index is 0.0818. The van der Waals surface area contributed by atoms with Gasteiger partial charge in [-0.25, -0.2) is 4.79 Å². The van der Waals surface area contributed by atoms with Crippen LogP contribution < -0.4 is 9.47 Å². The first-order valence-corrected chi connectivity index (χ1v) is 10.1. The van der Waals surface area contributed by atoms with Gasteiger partial charge < -0.3 is 9.47 Å². The number of ether oxygens (including phenoxy) is 2. The smallest absolute Gasteiger partial charge is 0.336 e. The SMILES string of the molecule is CCN1C(=O)/C(=C\c2ccc(OC(=O)/C=C/c3ccc(OC)cc3)cc2)SC1=S. The summed E-state index contributed by atoms with van der Waals surface area (Å²) in [6, 6.07) is 14.3. The number of thioether (sulfide) groups is 1. The van der Waals surface area contributed by atoms with Gasteiger partial charge in [-0.3, -0.25) is 9.69 Å². The summed E-state index contributed by atoms with van der Waals surface area (Å²) in [5.41, 5.74) is 1.69. The number of carbonyl (C=O) groups is 2. The van der Waals surface area contributed by atoms with E-state index in [2.05, 4.69) is 0 Å². The highest BCUT2D eigenvalue weighted by Crippen LogP contribution is 2.32. The fraction of sp³-hybridized carbons (Fsp3) is 0.136. The average Bonchev–Trinajstić information content (AvgIpc) is 3.00. The molecule has 0 atom stereocenters. The van der Waals surface area contributed by atoms with E-state index in [1.165, 1.54) is 17.8 Å². The van der Waals surface area contributed by atoms with Gasteiger partial charge in [-0.05, 0) is 54.5 Å². The van der Waals surface area contributed by atoms with Crippen molar-refractivity contribution >= 4 is 52.3 Å². The van der Waals surface area contributed by atoms with E-state index in [1.54, 1.807) is 48.4 Å². The lowest BCUT2D eigenvalue weighted by atomic mass is 10.2. The third-order valence-electron chi connectivity index (χ3n) is 4.11. The molecule has 7 heteroatoms. The Balaban J connectivity index is 1.61. The monoisotopic (exact) mass is 425 g/mol. The van der Waals surface area contributed by atoms with Crippen LogP contribution in [0.2, 0.25) is 0 Å². The number of benzene rings is 2. The topological polar surface area (TPSA) is 55.8 Å². The molecule has 3 rings (SSSR count). The van der Waals surface area contributed by atoms with Crippen molar-refractivity contribution in [1.82, 2.24) is 4.90 Å². The molecular formula is C22H19NO4S2. The van der Waals surface area contributed by atoms with Gasteiger partial charge in [0.15, 0.2) is 0 Å². The molecule has 0 aromatic heterocycles. The Morgan fingerprint density at radius 3 is 2.28 bits per heavy atom. The summed E-state index contributed by atoms with van der Waals surface area (Å²) in [4.78, 5) is 26.4. The predicted molar refractivity (Wildman–Crippen MR) is 120 cm³/mol. The van der Waals surface area contributed by atoms with E-state index in [1.807, 2.05) is 31.2 Å². The maximum atomic E-state index is 12.3. The fourth-order valence-corrected chi connectivity index (χ4v) is 3.97. The molecule has 2 aromatic rings. The van der Waals surface area contributed by atoms with E-state index in [0.29, 0.717) is 21.5 Å². The van der Waals surface area contributed by atoms with Crippen LogP contribution in [0.3, 0.4) is 0 Å². The highest BCUT2D eigenvalue weighted by Gasteiger charge is 2.30. The fourth-order valence-electron chi connectivity index (χ4n) is 2.59. The van der Waals surface area contributed by atoms with Crippen molar-refractivity contribution in [2.45, 2.75) is 6.92 Å². The van der Waals surface area contributed by atoms with Gasteiger partial charge in [-0.1, -0.05) is 48.2 Å². The highest BCUT2D eigenvalue weighted by atomic mass is 32.2. The normalized spacial score (nSPS) is 15.4. The number of carbonyl (C=O) groups excluding carboxylic acids is 2. The number of amides is 1. The summed E-state index contributed by atoms with van der Waals surface area (Å²) in [5.74, 6) is 0.619. The molecule has 1 aliphatic rings. The zero-order valence-electron chi connectivity index (χ0n) is 16.0. The Morgan fingerprint density at radius 2 is 1.69 bits per heavy atom. The number of nitrogens with zero attached hydrogens (tertiary/aromatic N) is 1. The number of hydrogen-bond acceptors (Lipinski definition) is 6. The molecule has 0 saturated carbocycles. The first-order valence-electron chi connectivity index (χ1n) is 8.89. The van der Waals surface area contributed by atoms with Crippen LogP contribution in [-0.4, -0.2) is 34.8 Å². The van der Waals surface area contributed by atoms with E-state index >= 15 is 0 Å². The Morgan fingerprint density at radius 1 is 1.07 bits per heavy atom. The predicted octanol–water partition coefficient (Wildman–Crippen LogP) is 4.54. The van der Waals surface area contributed by atoms with E-state index < -0.39 is 5.97 Å². The van der Waals surface area contributed by atoms with Crippen molar-refractivity contribution in [1.29, 1.82) is 0 Å². The number of thiocarbonyl (C=S) groups is 1. The van der Waals surface area contributed by atoms with Gasteiger partial charge in [0.1, 0.15) is 15.8 Å². The summed E-state index contributed by atoms with van der Waals surface area (Å²) < 4.78 is 11.0. The summed E-state index contributed by atoms with van der Waals surface area (Å²) in [6.07, 6.45) is 4.82. The molecule has 0 bridgehead atoms. The lowest BCUT2D eigenvalue weighted by molar-refractivity contribution is -0.129. The van der Waals surface area contributed by atoms with Crippen molar-refractivity contribution in [2.24, 2.45) is 0 Å². The molecule has 0 unspecified atom stereocenters. The van der Waals surface area contributed by atoms with Crippen molar-refractivity contribution < 1.29 is 19.1 Å². The molecule has 0 radical (unpaired) electrons. The zero-order chi connectivity index (χ0) is 20.8. The van der Waals surface area contributed by atoms with Crippen molar-refractivity contribution in [3.8, 4) is 11.5 Å². The largest absolute Gasteiger partial charge is 0.497 e. The van der Waals surface area contributed by atoms with E-state index in [4.69, 9.17) is 21.7 Å². The zero-order valence-corrected chi connectivity index (χ0v) is 17.6. The molecule has 1 aliphatic heterocycles. The number of methoxy groups -OCH3 is 1. The van der Waals surface area contributed by atoms with Crippen molar-refractivity contribution in [3.63, 3.8) is 0 Å². The second-order valence-corrected chi connectivity index (χ2v) is 7.70. The maximum Gasteiger partial charge on any atom is 0.336 e. The highest BCUT2D eigenvalue weighted by molar-refractivity contribution is 8.26. The molecule has 2 aromatic carbocycles. The second kappa shape index (κ2) is 9.54. The molecule has 5 nitrogen and oxygen atoms in total. The lowest BCUT2D eigenvalue weighted by Crippen LogP contribution is -2.27. The van der Waals surface area contributed by atoms with Gasteiger partial charge in [-0.2, -0.15) is 0 Å². The number of esters is 1. The Kier molecular flexibility index (Phi) is 6.85. The molecule has 1 fully saturated rings. The standard InChI is InChI=1S/C22H19NO4S2/c1-3-23-21(25)19(29-22(23)28)14-16-6-11-18(12-7-16)27-20(24)13-8-15-4-9-17(26-2)10-5-15/h4-14H,3H2,1-2H3/b13-8+,19-14+. The summed E-state index contributed by atoms with van der Waals surface area (Å²) in [6.45, 7) is 2.45. The first-order chi connectivity index (χ1) is 14.0. The molecule has 0 N–H and O–H groups in total. The van der Waals surface area contributed by atoms with Gasteiger partial charge in [0.2, 0.25) is 0 Å². The van der Waals surface area contributed by atoms with Gasteiger partial charge in [0.05, 0.1) is 12.0 Å². The van der Waals surface area contributed by atoms with Crippen LogP contribution in [0, 0.1) is 0 Å². The molecule has 1 amide bonds. The van der Waals surface area contributed by atoms with Crippen LogP contribution in [0.4, 0.5) is 0 Å². The minimum Gasteiger partial charge on any atom is -0.497 e. The van der Waals surface area contributed by atoms with Gasteiger partial charge >= 0.3 is 5.97 Å². The third-order valence-corrected chi connectivity index (χ3v) is 5.49. The van der Waals surface area contributed by atoms with Crippen LogP contribution in [0.15, 0.2) is 59.5 Å². The van der Waals surface area contributed by atoms with Gasteiger partial charge in [0, 0.05) is 12.6 Å². The average molecular weight is 426 g/mol. The molecule has 0 spiro atoms. The maximum absolute atomic E-state index is 12.3. The summed E-state index contributed by atoms with van der Waals surface area (Å²) in [7, 11) is 1.60. The van der Waals surface area contributed by atoms with E-state index in [0.717, 1.165) is 16.9 Å². The minimum atomic E-state index is -0.475. The van der Waals surface area contributed by atoms with E-state index in [9.17, 15) is 9.59 Å². The first kappa shape index (κ1) is 20.8. The number of hydrogen-bond donors (Lipinski definition) is 0. The van der Waals surface area contributed by atoms with Crippen molar-refractivity contribution in [3.05, 3.63) is 70.6 Å². The molecule has 148 valence electrons. The number of likely N-dealkylation sites (N-methyl/N-ethyl adjacent to an activating group) is 1. The van der Waals surface area contributed by atoms with Crippen LogP contribution in [-0.2, 0) is 9.59 Å². The van der Waals surface area contributed by atoms with Crippen LogP contribution in [0.1, 0.15) is 18.1 Å². The molecule has 1 saturated heterocycles. The quantitative estimate of drug-likeness (QED) is 0.293. The van der Waals surface area contributed by atoms with Crippen LogP contribution in [0.5, 0.6) is 11.5 Å². The van der Waals surface area contributed by atoms with E-state index in [-0.39, 0.29) is 5.91 Å². The van der Waals surface area contributed by atoms with Gasteiger partial charge in [-0.15, -0.1) is 0 Å². The molecular weight excluding hydrogens is 406 g/mol. The van der Waals surface area contributed by atoms with Crippen LogP contribution in [0.25, 0.3) is 12.2 Å². The summed E-state index contributed by atoms with van der Waals surface area (Å²) in [5, 5.41) is 0. The second-order valence-electron chi connectivity index (χ2n) is 6.02. The summed E-state index contributed by atoms with van der Waals surface area (Å²) >= 11 is 6.50. The van der Waals surface area contributed by atoms with Crippen molar-refractivity contribution in [2.75, 3.05) is 13.7 Å². The number of rotatable bonds is 6. The van der Waals surface area contributed by atoms with Gasteiger partial charge in [0.25, 0.3) is 5.91 Å². The third kappa shape index (κ3) is 5.34. The molecule has 1 heterocycles. The lowest BCUT2D eigenvalue weighted by Gasteiger charge is -2.09. The Bertz CT molecular complexity index is 979. The Hall–Kier alpha value is -2.90. The molecule has 0 aliphatic carbocycles. The van der Waals surface area contributed by atoms with Crippen LogP contribution >= 0.6 is 24.0 Å². The Labute approximate surface area is 179 Å². The molecule has 29 heavy (non-hydrogen) atoms.